The van der Waals surface area contributed by atoms with Crippen LogP contribution in [0.25, 0.3) is 10.1 Å². The number of oxime groups is 1. The summed E-state index contributed by atoms with van der Waals surface area (Å²) < 4.78 is 1.02. The van der Waals surface area contributed by atoms with Crippen LogP contribution in [-0.4, -0.2) is 36.1 Å². The van der Waals surface area contributed by atoms with Crippen molar-refractivity contribution in [2.24, 2.45) is 11.1 Å². The van der Waals surface area contributed by atoms with Gasteiger partial charge in [0, 0.05) is 5.92 Å². The zero-order chi connectivity index (χ0) is 15.4. The van der Waals surface area contributed by atoms with E-state index >= 15 is 0 Å². The van der Waals surface area contributed by atoms with Crippen LogP contribution >= 0.6 is 11.3 Å². The highest BCUT2D eigenvalue weighted by Crippen LogP contribution is 2.40. The van der Waals surface area contributed by atoms with E-state index in [2.05, 4.69) is 27.5 Å². The molecule has 116 valence electrons. The van der Waals surface area contributed by atoms with E-state index in [4.69, 9.17) is 4.84 Å². The average Bonchev–Trinajstić information content (AvgIpc) is 3.20. The molecule has 0 saturated carbocycles. The van der Waals surface area contributed by atoms with Crippen LogP contribution in [0.3, 0.4) is 0 Å². The number of piperidine rings is 3. The lowest BCUT2D eigenvalue weighted by Crippen LogP contribution is -2.65. The summed E-state index contributed by atoms with van der Waals surface area (Å²) in [6, 6.07) is 10.2. The SMILES string of the molecule is N#Cc1cccc2cc(C3=NO[C@]4(CN5CCC4CC5)N3)sc12. The summed E-state index contributed by atoms with van der Waals surface area (Å²) in [6.07, 6.45) is 2.33. The van der Waals surface area contributed by atoms with Crippen LogP contribution in [0.4, 0.5) is 0 Å². The second-order valence-electron chi connectivity index (χ2n) is 6.54. The fraction of sp³-hybridized carbons (Fsp3) is 0.412. The van der Waals surface area contributed by atoms with Crippen LogP contribution in [0, 0.1) is 17.2 Å². The zero-order valence-electron chi connectivity index (χ0n) is 12.6. The fourth-order valence-corrected chi connectivity index (χ4v) is 5.07. The van der Waals surface area contributed by atoms with E-state index in [-0.39, 0.29) is 5.72 Å². The number of fused-ring (bicyclic) bond motifs is 3. The number of nitriles is 1. The molecule has 1 aromatic carbocycles. The maximum absolute atomic E-state index is 9.26. The van der Waals surface area contributed by atoms with Gasteiger partial charge in [-0.2, -0.15) is 5.26 Å². The molecule has 5 heterocycles. The molecule has 0 amide bonds. The molecule has 2 aromatic rings. The lowest BCUT2D eigenvalue weighted by atomic mass is 9.81. The quantitative estimate of drug-likeness (QED) is 0.875. The molecule has 1 spiro atoms. The standard InChI is InChI=1S/C17H16N4OS/c18-9-12-3-1-2-11-8-14(23-15(11)12)16-19-17(22-20-16)10-21-6-4-13(17)5-7-21/h1-3,8,13H,4-7,10H2,(H,19,20)/t17-/m0/s1. The highest BCUT2D eigenvalue weighted by Gasteiger charge is 2.52. The number of amidine groups is 1. The Morgan fingerprint density at radius 2 is 2.26 bits per heavy atom. The minimum absolute atomic E-state index is 0.347. The van der Waals surface area contributed by atoms with Gasteiger partial charge in [0.1, 0.15) is 6.07 Å². The number of hydrogen-bond donors (Lipinski definition) is 1. The minimum atomic E-state index is -0.347. The molecule has 1 atom stereocenters. The predicted molar refractivity (Wildman–Crippen MR) is 89.2 cm³/mol. The van der Waals surface area contributed by atoms with Crippen LogP contribution in [-0.2, 0) is 4.84 Å². The Bertz CT molecular complexity index is 859. The van der Waals surface area contributed by atoms with Crippen LogP contribution < -0.4 is 5.32 Å². The summed E-state index contributed by atoms with van der Waals surface area (Å²) in [7, 11) is 0. The number of hydrogen-bond acceptors (Lipinski definition) is 6. The fourth-order valence-electron chi connectivity index (χ4n) is 4.01. The van der Waals surface area contributed by atoms with Crippen molar-refractivity contribution in [2.75, 3.05) is 19.6 Å². The molecule has 2 bridgehead atoms. The van der Waals surface area contributed by atoms with Crippen LogP contribution in [0.5, 0.6) is 0 Å². The average molecular weight is 324 g/mol. The summed E-state index contributed by atoms with van der Waals surface area (Å²) in [4.78, 5) is 9.40. The van der Waals surface area contributed by atoms with Gasteiger partial charge in [-0.1, -0.05) is 17.3 Å². The second kappa shape index (κ2) is 4.70. The van der Waals surface area contributed by atoms with Gasteiger partial charge in [-0.3, -0.25) is 4.90 Å². The van der Waals surface area contributed by atoms with E-state index in [1.54, 1.807) is 11.3 Å². The molecule has 0 unspecified atom stereocenters. The summed E-state index contributed by atoms with van der Waals surface area (Å²) >= 11 is 1.60. The van der Waals surface area contributed by atoms with Gasteiger partial charge in [0.05, 0.1) is 21.7 Å². The zero-order valence-corrected chi connectivity index (χ0v) is 13.4. The van der Waals surface area contributed by atoms with Crippen molar-refractivity contribution < 1.29 is 4.84 Å². The Kier molecular flexibility index (Phi) is 2.73. The van der Waals surface area contributed by atoms with Crippen molar-refractivity contribution in [3.05, 3.63) is 34.7 Å². The normalized spacial score (nSPS) is 31.7. The molecule has 23 heavy (non-hydrogen) atoms. The third-order valence-electron chi connectivity index (χ3n) is 5.23. The van der Waals surface area contributed by atoms with Crippen molar-refractivity contribution >= 4 is 27.3 Å². The van der Waals surface area contributed by atoms with Crippen molar-refractivity contribution in [2.45, 2.75) is 18.6 Å². The Morgan fingerprint density at radius 1 is 1.39 bits per heavy atom. The lowest BCUT2D eigenvalue weighted by Gasteiger charge is -2.49. The molecule has 6 rings (SSSR count). The number of nitrogens with one attached hydrogen (secondary N) is 1. The third kappa shape index (κ3) is 1.90. The molecule has 0 radical (unpaired) electrons. The van der Waals surface area contributed by atoms with Crippen molar-refractivity contribution in [3.63, 3.8) is 0 Å². The number of rotatable bonds is 1. The monoisotopic (exact) mass is 324 g/mol. The molecular weight excluding hydrogens is 308 g/mol. The summed E-state index contributed by atoms with van der Waals surface area (Å²) in [5, 5.41) is 18.3. The molecule has 1 aromatic heterocycles. The largest absolute Gasteiger partial charge is 0.364 e. The van der Waals surface area contributed by atoms with Crippen LogP contribution in [0.2, 0.25) is 0 Å². The van der Waals surface area contributed by atoms with E-state index in [1.165, 1.54) is 25.9 Å². The van der Waals surface area contributed by atoms with Gasteiger partial charge in [0.15, 0.2) is 5.84 Å². The van der Waals surface area contributed by atoms with Gasteiger partial charge in [-0.15, -0.1) is 11.3 Å². The highest BCUT2D eigenvalue weighted by molar-refractivity contribution is 7.21. The van der Waals surface area contributed by atoms with Gasteiger partial charge < -0.3 is 10.2 Å². The molecule has 3 saturated heterocycles. The van der Waals surface area contributed by atoms with Gasteiger partial charge in [0.2, 0.25) is 5.72 Å². The molecule has 5 nitrogen and oxygen atoms in total. The summed E-state index contributed by atoms with van der Waals surface area (Å²) in [6.45, 7) is 3.24. The third-order valence-corrected chi connectivity index (χ3v) is 6.42. The first kappa shape index (κ1) is 13.3. The van der Waals surface area contributed by atoms with E-state index in [1.807, 2.05) is 18.2 Å². The molecule has 1 N–H and O–H groups in total. The maximum atomic E-state index is 9.26. The topological polar surface area (TPSA) is 60.6 Å². The summed E-state index contributed by atoms with van der Waals surface area (Å²) in [5.41, 5.74) is 0.371. The molecule has 3 fully saturated rings. The van der Waals surface area contributed by atoms with Gasteiger partial charge >= 0.3 is 0 Å². The van der Waals surface area contributed by atoms with Gasteiger partial charge in [0.25, 0.3) is 0 Å². The number of nitrogens with zero attached hydrogens (tertiary/aromatic N) is 3. The van der Waals surface area contributed by atoms with E-state index in [0.717, 1.165) is 32.9 Å². The van der Waals surface area contributed by atoms with Crippen molar-refractivity contribution in [1.82, 2.24) is 10.2 Å². The summed E-state index contributed by atoms with van der Waals surface area (Å²) in [5.74, 6) is 1.33. The number of benzene rings is 1. The van der Waals surface area contributed by atoms with E-state index in [0.29, 0.717) is 5.92 Å². The minimum Gasteiger partial charge on any atom is -0.364 e. The molecule has 4 aliphatic heterocycles. The van der Waals surface area contributed by atoms with Crippen LogP contribution in [0.1, 0.15) is 23.3 Å². The number of thiophene rings is 1. The Balaban J connectivity index is 1.49. The Hall–Kier alpha value is -2.10. The predicted octanol–water partition coefficient (Wildman–Crippen LogP) is 2.48. The van der Waals surface area contributed by atoms with E-state index in [9.17, 15) is 5.26 Å². The Labute approximate surface area is 138 Å². The molecule has 0 aliphatic carbocycles. The molecule has 6 heteroatoms. The maximum Gasteiger partial charge on any atom is 0.224 e. The van der Waals surface area contributed by atoms with Gasteiger partial charge in [-0.05, 0) is 43.5 Å². The van der Waals surface area contributed by atoms with Gasteiger partial charge in [-0.25, -0.2) is 0 Å². The highest BCUT2D eigenvalue weighted by atomic mass is 32.1. The van der Waals surface area contributed by atoms with Crippen molar-refractivity contribution in [3.8, 4) is 6.07 Å². The second-order valence-corrected chi connectivity index (χ2v) is 7.59. The lowest BCUT2D eigenvalue weighted by molar-refractivity contribution is -0.148. The van der Waals surface area contributed by atoms with Crippen molar-refractivity contribution in [1.29, 1.82) is 5.26 Å². The Morgan fingerprint density at radius 3 is 3.00 bits per heavy atom. The first-order valence-electron chi connectivity index (χ1n) is 7.97. The van der Waals surface area contributed by atoms with E-state index < -0.39 is 0 Å². The molecular formula is C17H16N4OS. The first-order valence-corrected chi connectivity index (χ1v) is 8.79. The first-order chi connectivity index (χ1) is 11.3. The molecule has 4 aliphatic rings. The van der Waals surface area contributed by atoms with Crippen LogP contribution in [0.15, 0.2) is 29.4 Å². The smallest absolute Gasteiger partial charge is 0.224 e.